The molecular weight excluding hydrogens is 382 g/mol. The third-order valence-corrected chi connectivity index (χ3v) is 4.90. The number of rotatable bonds is 6. The molecule has 5 heteroatoms. The molecule has 0 aliphatic carbocycles. The van der Waals surface area contributed by atoms with Crippen LogP contribution in [0.5, 0.6) is 0 Å². The van der Waals surface area contributed by atoms with Gasteiger partial charge in [0.2, 0.25) is 0 Å². The highest BCUT2D eigenvalue weighted by Gasteiger charge is 2.19. The lowest BCUT2D eigenvalue weighted by Crippen LogP contribution is -2.40. The van der Waals surface area contributed by atoms with E-state index < -0.39 is 0 Å². The second-order valence-electron chi connectivity index (χ2n) is 5.12. The maximum atomic E-state index is 3.71. The first kappa shape index (κ1) is 16.3. The van der Waals surface area contributed by atoms with Gasteiger partial charge < -0.3 is 9.80 Å². The largest absolute Gasteiger partial charge is 0.358 e. The summed E-state index contributed by atoms with van der Waals surface area (Å²) in [6.45, 7) is 10.9. The number of benzene rings is 1. The minimum atomic E-state index is 0.936. The van der Waals surface area contributed by atoms with E-state index in [0.29, 0.717) is 0 Å². The molecule has 1 aliphatic rings. The Labute approximate surface area is 139 Å². The number of nitrogens with one attached hydrogen (secondary N) is 1. The normalized spacial score (nSPS) is 14.8. The van der Waals surface area contributed by atoms with E-state index in [1.165, 1.54) is 28.7 Å². The van der Waals surface area contributed by atoms with Crippen LogP contribution in [0.2, 0.25) is 0 Å². The topological polar surface area (TPSA) is 18.5 Å². The maximum absolute atomic E-state index is 3.71. The molecule has 1 aromatic rings. The summed E-state index contributed by atoms with van der Waals surface area (Å²) < 4.78 is 2.32. The molecule has 20 heavy (non-hydrogen) atoms. The van der Waals surface area contributed by atoms with Crippen LogP contribution in [0.15, 0.2) is 21.1 Å². The van der Waals surface area contributed by atoms with Crippen molar-refractivity contribution in [2.45, 2.75) is 26.8 Å². The molecule has 0 saturated carbocycles. The van der Waals surface area contributed by atoms with E-state index in [1.807, 2.05) is 0 Å². The lowest BCUT2D eigenvalue weighted by molar-refractivity contribution is 0.300. The molecule has 1 N–H and O–H groups in total. The van der Waals surface area contributed by atoms with Gasteiger partial charge in [-0.1, -0.05) is 29.8 Å². The minimum absolute atomic E-state index is 0.936. The Morgan fingerprint density at radius 3 is 2.70 bits per heavy atom. The van der Waals surface area contributed by atoms with Gasteiger partial charge in [0.15, 0.2) is 0 Å². The molecule has 1 aliphatic heterocycles. The van der Waals surface area contributed by atoms with Crippen LogP contribution < -0.4 is 10.2 Å². The van der Waals surface area contributed by atoms with Gasteiger partial charge >= 0.3 is 0 Å². The van der Waals surface area contributed by atoms with Gasteiger partial charge in [0.25, 0.3) is 0 Å². The summed E-state index contributed by atoms with van der Waals surface area (Å²) in [6, 6.07) is 4.35. The summed E-state index contributed by atoms with van der Waals surface area (Å²) in [4.78, 5) is 4.92. The molecule has 0 unspecified atom stereocenters. The van der Waals surface area contributed by atoms with Crippen molar-refractivity contribution in [2.75, 3.05) is 37.7 Å². The molecule has 0 amide bonds. The Morgan fingerprint density at radius 2 is 2.00 bits per heavy atom. The lowest BCUT2D eigenvalue weighted by Gasteiger charge is -2.33. The predicted octanol–water partition coefficient (Wildman–Crippen LogP) is 3.81. The van der Waals surface area contributed by atoms with Crippen LogP contribution in [0.1, 0.15) is 25.8 Å². The quantitative estimate of drug-likeness (QED) is 0.777. The van der Waals surface area contributed by atoms with Crippen LogP contribution in [0.25, 0.3) is 0 Å². The zero-order chi connectivity index (χ0) is 14.5. The molecule has 0 fully saturated rings. The monoisotopic (exact) mass is 403 g/mol. The number of hydrogen-bond acceptors (Lipinski definition) is 3. The highest BCUT2D eigenvalue weighted by Crippen LogP contribution is 2.35. The zero-order valence-electron chi connectivity index (χ0n) is 12.3. The molecule has 1 aromatic carbocycles. The summed E-state index contributed by atoms with van der Waals surface area (Å²) in [6.07, 6.45) is 1.20. The number of fused-ring (bicyclic) bond motifs is 1. The summed E-state index contributed by atoms with van der Waals surface area (Å²) in [5.74, 6) is 0. The van der Waals surface area contributed by atoms with E-state index >= 15 is 0 Å². The van der Waals surface area contributed by atoms with Gasteiger partial charge in [0.1, 0.15) is 0 Å². The molecule has 2 rings (SSSR count). The molecular formula is C15H23Br2N3. The third-order valence-electron chi connectivity index (χ3n) is 3.84. The fourth-order valence-electron chi connectivity index (χ4n) is 2.73. The van der Waals surface area contributed by atoms with Gasteiger partial charge in [-0.15, -0.1) is 0 Å². The molecule has 112 valence electrons. The van der Waals surface area contributed by atoms with Gasteiger partial charge in [-0.05, 0) is 59.7 Å². The first-order valence-electron chi connectivity index (χ1n) is 7.31. The molecule has 0 aromatic heterocycles. The van der Waals surface area contributed by atoms with Crippen molar-refractivity contribution in [3.63, 3.8) is 0 Å². The SMILES string of the molecule is CCN(CC)CCCN1CNCc2cc(Br)cc(Br)c21. The molecule has 0 spiro atoms. The predicted molar refractivity (Wildman–Crippen MR) is 93.3 cm³/mol. The Kier molecular flexibility index (Phi) is 6.33. The van der Waals surface area contributed by atoms with Crippen molar-refractivity contribution in [3.05, 3.63) is 26.6 Å². The van der Waals surface area contributed by atoms with Gasteiger partial charge in [-0.3, -0.25) is 5.32 Å². The smallest absolute Gasteiger partial charge is 0.0685 e. The van der Waals surface area contributed by atoms with Crippen LogP contribution in [0, 0.1) is 0 Å². The van der Waals surface area contributed by atoms with Crippen molar-refractivity contribution in [1.29, 1.82) is 0 Å². The second kappa shape index (κ2) is 7.78. The summed E-state index contributed by atoms with van der Waals surface area (Å²) >= 11 is 7.28. The van der Waals surface area contributed by atoms with E-state index in [2.05, 4.69) is 73.0 Å². The van der Waals surface area contributed by atoms with Gasteiger partial charge in [-0.2, -0.15) is 0 Å². The van der Waals surface area contributed by atoms with Gasteiger partial charge in [0.05, 0.1) is 12.4 Å². The van der Waals surface area contributed by atoms with Crippen LogP contribution in [0.3, 0.4) is 0 Å². The zero-order valence-corrected chi connectivity index (χ0v) is 15.4. The summed E-state index contributed by atoms with van der Waals surface area (Å²) in [7, 11) is 0. The standard InChI is InChI=1S/C15H23Br2N3/c1-3-19(4-2)6-5-7-20-11-18-10-12-8-13(16)9-14(17)15(12)20/h8-9,18H,3-7,10-11H2,1-2H3. The van der Waals surface area contributed by atoms with Crippen molar-refractivity contribution in [1.82, 2.24) is 10.2 Å². The van der Waals surface area contributed by atoms with Crippen molar-refractivity contribution in [2.24, 2.45) is 0 Å². The number of hydrogen-bond donors (Lipinski definition) is 1. The summed E-state index contributed by atoms with van der Waals surface area (Å²) in [5.41, 5.74) is 2.71. The van der Waals surface area contributed by atoms with E-state index in [0.717, 1.165) is 37.3 Å². The van der Waals surface area contributed by atoms with E-state index in [4.69, 9.17) is 0 Å². The van der Waals surface area contributed by atoms with E-state index in [9.17, 15) is 0 Å². The number of nitrogens with zero attached hydrogens (tertiary/aromatic N) is 2. The lowest BCUT2D eigenvalue weighted by atomic mass is 10.1. The van der Waals surface area contributed by atoms with E-state index in [-0.39, 0.29) is 0 Å². The fraction of sp³-hybridized carbons (Fsp3) is 0.600. The minimum Gasteiger partial charge on any atom is -0.358 e. The molecule has 0 saturated heterocycles. The van der Waals surface area contributed by atoms with Gasteiger partial charge in [0, 0.05) is 22.0 Å². The van der Waals surface area contributed by atoms with Crippen molar-refractivity contribution < 1.29 is 0 Å². The van der Waals surface area contributed by atoms with Crippen molar-refractivity contribution >= 4 is 37.5 Å². The molecule has 3 nitrogen and oxygen atoms in total. The van der Waals surface area contributed by atoms with Crippen LogP contribution in [0.4, 0.5) is 5.69 Å². The third kappa shape index (κ3) is 3.97. The average molecular weight is 405 g/mol. The fourth-order valence-corrected chi connectivity index (χ4v) is 4.29. The molecule has 0 atom stereocenters. The molecule has 1 heterocycles. The highest BCUT2D eigenvalue weighted by molar-refractivity contribution is 9.11. The van der Waals surface area contributed by atoms with Crippen molar-refractivity contribution in [3.8, 4) is 0 Å². The van der Waals surface area contributed by atoms with Gasteiger partial charge in [-0.25, -0.2) is 0 Å². The first-order chi connectivity index (χ1) is 9.65. The average Bonchev–Trinajstić information content (AvgIpc) is 2.43. The Balaban J connectivity index is 2.02. The van der Waals surface area contributed by atoms with E-state index in [1.54, 1.807) is 0 Å². The molecule has 0 bridgehead atoms. The van der Waals surface area contributed by atoms with Crippen LogP contribution in [-0.2, 0) is 6.54 Å². The highest BCUT2D eigenvalue weighted by atomic mass is 79.9. The molecule has 0 radical (unpaired) electrons. The maximum Gasteiger partial charge on any atom is 0.0685 e. The number of anilines is 1. The number of halogens is 2. The van der Waals surface area contributed by atoms with Crippen LogP contribution in [-0.4, -0.2) is 37.7 Å². The summed E-state index contributed by atoms with van der Waals surface area (Å²) in [5, 5.41) is 3.48. The second-order valence-corrected chi connectivity index (χ2v) is 6.89. The Bertz CT molecular complexity index is 447. The Hall–Kier alpha value is -0.100. The van der Waals surface area contributed by atoms with Crippen LogP contribution >= 0.6 is 31.9 Å². The first-order valence-corrected chi connectivity index (χ1v) is 8.90. The Morgan fingerprint density at radius 1 is 1.25 bits per heavy atom.